The highest BCUT2D eigenvalue weighted by molar-refractivity contribution is 5.74. The molecule has 1 saturated heterocycles. The van der Waals surface area contributed by atoms with Crippen molar-refractivity contribution in [2.75, 3.05) is 6.61 Å². The molecule has 0 bridgehead atoms. The Balaban J connectivity index is 1.99. The Bertz CT molecular complexity index is 593. The molecule has 2 aromatic heterocycles. The van der Waals surface area contributed by atoms with Crippen molar-refractivity contribution < 1.29 is 4.74 Å². The number of hydrogen-bond donors (Lipinski definition) is 1. The number of hydrogen-bond acceptors (Lipinski definition) is 3. The van der Waals surface area contributed by atoms with Crippen LogP contribution in [0.4, 0.5) is 0 Å². The summed E-state index contributed by atoms with van der Waals surface area (Å²) in [5, 5.41) is 0.656. The van der Waals surface area contributed by atoms with Crippen LogP contribution in [-0.4, -0.2) is 27.2 Å². The zero-order valence-corrected chi connectivity index (χ0v) is 9.77. The predicted molar refractivity (Wildman–Crippen MR) is 64.1 cm³/mol. The van der Waals surface area contributed by atoms with Gasteiger partial charge in [0, 0.05) is 12.3 Å². The first-order chi connectivity index (χ1) is 8.24. The maximum Gasteiger partial charge on any atom is 0.262 e. The van der Waals surface area contributed by atoms with Crippen molar-refractivity contribution in [3.63, 3.8) is 0 Å². The van der Waals surface area contributed by atoms with E-state index in [1.807, 2.05) is 13.0 Å². The van der Waals surface area contributed by atoms with E-state index in [0.29, 0.717) is 17.6 Å². The zero-order chi connectivity index (χ0) is 11.8. The third-order valence-electron chi connectivity index (χ3n) is 3.17. The fourth-order valence-electron chi connectivity index (χ4n) is 2.31. The van der Waals surface area contributed by atoms with Gasteiger partial charge in [-0.1, -0.05) is 0 Å². The van der Waals surface area contributed by atoms with E-state index in [2.05, 4.69) is 9.97 Å². The number of fused-ring (bicyclic) bond motifs is 1. The number of ether oxygens (including phenoxy) is 1. The maximum atomic E-state index is 12.2. The van der Waals surface area contributed by atoms with Crippen molar-refractivity contribution in [3.05, 3.63) is 28.4 Å². The lowest BCUT2D eigenvalue weighted by atomic mass is 10.2. The molecule has 17 heavy (non-hydrogen) atoms. The molecule has 3 rings (SSSR count). The fraction of sp³-hybridized carbons (Fsp3) is 0.500. The van der Waals surface area contributed by atoms with Gasteiger partial charge in [0.25, 0.3) is 5.56 Å². The van der Waals surface area contributed by atoms with Gasteiger partial charge in [-0.15, -0.1) is 0 Å². The molecular weight excluding hydrogens is 218 g/mol. The van der Waals surface area contributed by atoms with Crippen LogP contribution >= 0.6 is 0 Å². The average Bonchev–Trinajstić information content (AvgIpc) is 2.91. The summed E-state index contributed by atoms with van der Waals surface area (Å²) in [4.78, 5) is 19.5. The molecule has 1 atom stereocenters. The predicted octanol–water partition coefficient (Wildman–Crippen LogP) is 1.21. The standard InChI is InChI=1S/C12H15N3O2/c1-8-5-10-11(14-8)13-7-15(12(10)16)6-9-3-2-4-17-9/h5,7,9,14H,2-4,6H2,1H3. The topological polar surface area (TPSA) is 59.9 Å². The lowest BCUT2D eigenvalue weighted by Crippen LogP contribution is -2.26. The number of H-pyrrole nitrogens is 1. The zero-order valence-electron chi connectivity index (χ0n) is 9.77. The number of aryl methyl sites for hydroxylation is 1. The Labute approximate surface area is 98.4 Å². The van der Waals surface area contributed by atoms with E-state index in [1.165, 1.54) is 0 Å². The van der Waals surface area contributed by atoms with Gasteiger partial charge in [-0.05, 0) is 25.8 Å². The molecule has 1 unspecified atom stereocenters. The van der Waals surface area contributed by atoms with Gasteiger partial charge in [-0.3, -0.25) is 9.36 Å². The van der Waals surface area contributed by atoms with Crippen LogP contribution in [0.25, 0.3) is 11.0 Å². The summed E-state index contributed by atoms with van der Waals surface area (Å²) >= 11 is 0. The van der Waals surface area contributed by atoms with Crippen LogP contribution in [0.5, 0.6) is 0 Å². The summed E-state index contributed by atoms with van der Waals surface area (Å²) in [5.74, 6) is 0. The number of rotatable bonds is 2. The Kier molecular flexibility index (Phi) is 2.48. The highest BCUT2D eigenvalue weighted by atomic mass is 16.5. The van der Waals surface area contributed by atoms with Crippen LogP contribution in [0, 0.1) is 6.92 Å². The quantitative estimate of drug-likeness (QED) is 0.848. The van der Waals surface area contributed by atoms with Gasteiger partial charge in [0.05, 0.1) is 24.4 Å². The SMILES string of the molecule is Cc1cc2c(=O)n(CC3CCCO3)cnc2[nH]1. The second-order valence-electron chi connectivity index (χ2n) is 4.55. The van der Waals surface area contributed by atoms with Crippen LogP contribution in [-0.2, 0) is 11.3 Å². The largest absolute Gasteiger partial charge is 0.376 e. The lowest BCUT2D eigenvalue weighted by molar-refractivity contribution is 0.0960. The molecule has 0 aliphatic carbocycles. The maximum absolute atomic E-state index is 12.2. The van der Waals surface area contributed by atoms with Gasteiger partial charge < -0.3 is 9.72 Å². The van der Waals surface area contributed by atoms with Crippen molar-refractivity contribution in [1.29, 1.82) is 0 Å². The Morgan fingerprint density at radius 3 is 3.29 bits per heavy atom. The van der Waals surface area contributed by atoms with Crippen LogP contribution in [0.1, 0.15) is 18.5 Å². The summed E-state index contributed by atoms with van der Waals surface area (Å²) in [6, 6.07) is 1.84. The van der Waals surface area contributed by atoms with E-state index >= 15 is 0 Å². The molecular formula is C12H15N3O2. The highest BCUT2D eigenvalue weighted by Crippen LogP contribution is 2.14. The van der Waals surface area contributed by atoms with Crippen LogP contribution < -0.4 is 5.56 Å². The van der Waals surface area contributed by atoms with Gasteiger partial charge in [0.15, 0.2) is 0 Å². The van der Waals surface area contributed by atoms with E-state index < -0.39 is 0 Å². The van der Waals surface area contributed by atoms with Crippen molar-refractivity contribution in [2.45, 2.75) is 32.4 Å². The van der Waals surface area contributed by atoms with E-state index in [9.17, 15) is 4.79 Å². The second kappa shape index (κ2) is 4.00. The fourth-order valence-corrected chi connectivity index (χ4v) is 2.31. The van der Waals surface area contributed by atoms with Crippen LogP contribution in [0.15, 0.2) is 17.2 Å². The molecule has 5 heteroatoms. The Morgan fingerprint density at radius 2 is 2.53 bits per heavy atom. The van der Waals surface area contributed by atoms with Gasteiger partial charge in [0.1, 0.15) is 5.65 Å². The molecule has 0 spiro atoms. The normalized spacial score (nSPS) is 20.2. The summed E-state index contributed by atoms with van der Waals surface area (Å²) in [5.41, 5.74) is 1.63. The second-order valence-corrected chi connectivity index (χ2v) is 4.55. The molecule has 1 N–H and O–H groups in total. The molecule has 1 fully saturated rings. The smallest absolute Gasteiger partial charge is 0.262 e. The highest BCUT2D eigenvalue weighted by Gasteiger charge is 2.17. The molecule has 90 valence electrons. The summed E-state index contributed by atoms with van der Waals surface area (Å²) in [6.45, 7) is 3.33. The van der Waals surface area contributed by atoms with Gasteiger partial charge in [0.2, 0.25) is 0 Å². The molecule has 0 amide bonds. The third kappa shape index (κ3) is 1.86. The number of aromatic nitrogens is 3. The van der Waals surface area contributed by atoms with E-state index in [-0.39, 0.29) is 11.7 Å². The monoisotopic (exact) mass is 233 g/mol. The minimum Gasteiger partial charge on any atom is -0.376 e. The molecule has 0 aromatic carbocycles. The Hall–Kier alpha value is -1.62. The van der Waals surface area contributed by atoms with Gasteiger partial charge in [-0.2, -0.15) is 0 Å². The summed E-state index contributed by atoms with van der Waals surface area (Å²) < 4.78 is 7.18. The van der Waals surface area contributed by atoms with Crippen LogP contribution in [0.2, 0.25) is 0 Å². The molecule has 3 heterocycles. The number of nitrogens with one attached hydrogen (secondary N) is 1. The molecule has 1 aliphatic heterocycles. The lowest BCUT2D eigenvalue weighted by Gasteiger charge is -2.10. The first-order valence-electron chi connectivity index (χ1n) is 5.90. The van der Waals surface area contributed by atoms with Crippen molar-refractivity contribution in [3.8, 4) is 0 Å². The molecule has 1 aliphatic rings. The van der Waals surface area contributed by atoms with E-state index in [1.54, 1.807) is 10.9 Å². The van der Waals surface area contributed by atoms with Gasteiger partial charge >= 0.3 is 0 Å². The average molecular weight is 233 g/mol. The van der Waals surface area contributed by atoms with Crippen LogP contribution in [0.3, 0.4) is 0 Å². The first-order valence-corrected chi connectivity index (χ1v) is 5.90. The molecule has 0 radical (unpaired) electrons. The molecule has 2 aromatic rings. The number of aromatic amines is 1. The third-order valence-corrected chi connectivity index (χ3v) is 3.17. The van der Waals surface area contributed by atoms with Gasteiger partial charge in [-0.25, -0.2) is 4.98 Å². The van der Waals surface area contributed by atoms with E-state index in [4.69, 9.17) is 4.74 Å². The molecule has 0 saturated carbocycles. The minimum atomic E-state index is 0.00912. The first kappa shape index (κ1) is 10.5. The van der Waals surface area contributed by atoms with Crippen molar-refractivity contribution >= 4 is 11.0 Å². The van der Waals surface area contributed by atoms with Crippen molar-refractivity contribution in [2.24, 2.45) is 0 Å². The number of nitrogens with zero attached hydrogens (tertiary/aromatic N) is 2. The van der Waals surface area contributed by atoms with E-state index in [0.717, 1.165) is 25.1 Å². The molecule has 5 nitrogen and oxygen atoms in total. The summed E-state index contributed by atoms with van der Waals surface area (Å²) in [6.07, 6.45) is 3.86. The minimum absolute atomic E-state index is 0.00912. The van der Waals surface area contributed by atoms with Crippen molar-refractivity contribution in [1.82, 2.24) is 14.5 Å². The Morgan fingerprint density at radius 1 is 1.65 bits per heavy atom. The summed E-state index contributed by atoms with van der Waals surface area (Å²) in [7, 11) is 0.